The van der Waals surface area contributed by atoms with Crippen LogP contribution in [0.15, 0.2) is 36.8 Å². The van der Waals surface area contributed by atoms with Gasteiger partial charge in [-0.1, -0.05) is 31.5 Å². The summed E-state index contributed by atoms with van der Waals surface area (Å²) in [6.07, 6.45) is 0.584. The number of anilines is 1. The van der Waals surface area contributed by atoms with Gasteiger partial charge in [0.1, 0.15) is 0 Å². The molecule has 2 aromatic rings. The number of morpholine rings is 1. The van der Waals surface area contributed by atoms with E-state index in [4.69, 9.17) is 4.74 Å². The van der Waals surface area contributed by atoms with Crippen LogP contribution in [-0.2, 0) is 27.8 Å². The number of aromatic nitrogens is 2. The zero-order valence-corrected chi connectivity index (χ0v) is 21.7. The minimum Gasteiger partial charge on any atom is -0.373 e. The van der Waals surface area contributed by atoms with Crippen LogP contribution in [0, 0.1) is 0 Å². The smallest absolute Gasteiger partial charge is 0.373 e. The molecule has 1 amide bonds. The molecule has 1 aliphatic rings. The largest absolute Gasteiger partial charge is 0.416 e. The first-order chi connectivity index (χ1) is 16.9. The van der Waals surface area contributed by atoms with Gasteiger partial charge in [-0.25, -0.2) is 4.98 Å². The fourth-order valence-corrected chi connectivity index (χ4v) is 4.77. The molecule has 0 bridgehead atoms. The van der Waals surface area contributed by atoms with Gasteiger partial charge >= 0.3 is 6.18 Å². The molecule has 0 aliphatic carbocycles. The third-order valence-electron chi connectivity index (χ3n) is 6.39. The van der Waals surface area contributed by atoms with Crippen molar-refractivity contribution in [3.05, 3.63) is 47.9 Å². The van der Waals surface area contributed by atoms with Gasteiger partial charge in [-0.15, -0.1) is 0 Å². The summed E-state index contributed by atoms with van der Waals surface area (Å²) in [6.45, 7) is 12.7. The number of hydrogen-bond donors (Lipinski definition) is 2. The van der Waals surface area contributed by atoms with E-state index in [2.05, 4.69) is 48.2 Å². The maximum absolute atomic E-state index is 13.3. The summed E-state index contributed by atoms with van der Waals surface area (Å²) in [5.74, 6) is 0.0932. The van der Waals surface area contributed by atoms with Crippen molar-refractivity contribution in [2.45, 2.75) is 84.0 Å². The molecule has 0 spiro atoms. The summed E-state index contributed by atoms with van der Waals surface area (Å²) in [7, 11) is 0. The highest BCUT2D eigenvalue weighted by molar-refractivity contribution is 5.93. The van der Waals surface area contributed by atoms with Gasteiger partial charge < -0.3 is 19.9 Å². The van der Waals surface area contributed by atoms with Crippen LogP contribution in [-0.4, -0.2) is 58.2 Å². The van der Waals surface area contributed by atoms with Crippen LogP contribution in [0.2, 0.25) is 0 Å². The Bertz CT molecular complexity index is 997. The maximum atomic E-state index is 13.3. The number of nitrogens with one attached hydrogen (secondary N) is 2. The third-order valence-corrected chi connectivity index (χ3v) is 6.39. The molecular formula is C26H38F3N5O2. The van der Waals surface area contributed by atoms with Crippen LogP contribution < -0.4 is 10.6 Å². The molecule has 1 aliphatic heterocycles. The number of nitrogens with zero attached hydrogens (tertiary/aromatic N) is 3. The molecule has 1 aromatic carbocycles. The first-order valence-electron chi connectivity index (χ1n) is 12.5. The van der Waals surface area contributed by atoms with Crippen LogP contribution in [0.5, 0.6) is 0 Å². The highest BCUT2D eigenvalue weighted by Crippen LogP contribution is 2.32. The van der Waals surface area contributed by atoms with Crippen LogP contribution in [0.3, 0.4) is 0 Å². The Labute approximate surface area is 211 Å². The number of amides is 1. The zero-order valence-electron chi connectivity index (χ0n) is 21.7. The van der Waals surface area contributed by atoms with E-state index in [0.717, 1.165) is 25.7 Å². The van der Waals surface area contributed by atoms with E-state index in [-0.39, 0.29) is 35.8 Å². The fraction of sp³-hybridized carbons (Fsp3) is 0.615. The molecule has 36 heavy (non-hydrogen) atoms. The maximum Gasteiger partial charge on any atom is 0.416 e. The highest BCUT2D eigenvalue weighted by atomic mass is 19.4. The van der Waals surface area contributed by atoms with Gasteiger partial charge in [0.25, 0.3) is 0 Å². The minimum absolute atomic E-state index is 0.0639. The minimum atomic E-state index is -4.45. The van der Waals surface area contributed by atoms with Crippen molar-refractivity contribution in [2.75, 3.05) is 25.0 Å². The molecule has 1 saturated heterocycles. The second-order valence-electron chi connectivity index (χ2n) is 10.3. The molecule has 0 unspecified atom stereocenters. The number of rotatable bonds is 10. The molecule has 7 nitrogen and oxygen atoms in total. The van der Waals surface area contributed by atoms with Gasteiger partial charge in [-0.2, -0.15) is 13.2 Å². The summed E-state index contributed by atoms with van der Waals surface area (Å²) in [5.41, 5.74) is -0.857. The van der Waals surface area contributed by atoms with Crippen molar-refractivity contribution >= 4 is 11.7 Å². The molecule has 1 fully saturated rings. The van der Waals surface area contributed by atoms with Gasteiger partial charge in [0.2, 0.25) is 5.91 Å². The first-order valence-corrected chi connectivity index (χ1v) is 12.5. The molecule has 0 radical (unpaired) electrons. The van der Waals surface area contributed by atoms with Gasteiger partial charge in [-0.05, 0) is 45.7 Å². The van der Waals surface area contributed by atoms with E-state index in [1.165, 1.54) is 12.1 Å². The third kappa shape index (κ3) is 7.54. The number of ether oxygens (including phenoxy) is 1. The number of imidazole rings is 1. The van der Waals surface area contributed by atoms with E-state index < -0.39 is 17.8 Å². The van der Waals surface area contributed by atoms with E-state index in [0.29, 0.717) is 18.7 Å². The number of carbonyl (C=O) groups excluding carboxylic acids is 1. The number of alkyl halides is 3. The average molecular weight is 510 g/mol. The van der Waals surface area contributed by atoms with Crippen molar-refractivity contribution in [1.82, 2.24) is 19.8 Å². The Hall–Kier alpha value is -2.43. The number of benzene rings is 1. The van der Waals surface area contributed by atoms with E-state index >= 15 is 0 Å². The van der Waals surface area contributed by atoms with Crippen molar-refractivity contribution in [1.29, 1.82) is 0 Å². The molecular weight excluding hydrogens is 471 g/mol. The van der Waals surface area contributed by atoms with Gasteiger partial charge in [0.15, 0.2) is 5.82 Å². The van der Waals surface area contributed by atoms with E-state index in [1.54, 1.807) is 18.6 Å². The average Bonchev–Trinajstić information content (AvgIpc) is 3.24. The summed E-state index contributed by atoms with van der Waals surface area (Å²) in [5, 5.41) is 5.83. The highest BCUT2D eigenvalue weighted by Gasteiger charge is 2.33. The van der Waals surface area contributed by atoms with Crippen molar-refractivity contribution in [3.8, 4) is 0 Å². The molecule has 0 saturated carbocycles. The Morgan fingerprint density at radius 1 is 1.19 bits per heavy atom. The molecule has 3 atom stereocenters. The standard InChI is InChI=1S/C26H38F3N5O2/c1-6-9-22(30-12-20-10-7-8-11-21(20)26(27,28)29)24(35)32-23-15-34(17-31-23)25(4,5)16-33-13-18(2)36-19(3)14-33/h7-8,10-11,15,17-19,22,30H,6,9,12-14,16H2,1-5H3,(H,32,35)/t18-,19+,22-/m0/s1. The van der Waals surface area contributed by atoms with Crippen LogP contribution in [0.25, 0.3) is 0 Å². The Morgan fingerprint density at radius 3 is 2.50 bits per heavy atom. The fourth-order valence-electron chi connectivity index (χ4n) is 4.77. The quantitative estimate of drug-likeness (QED) is 0.488. The lowest BCUT2D eigenvalue weighted by atomic mass is 10.0. The molecule has 10 heteroatoms. The predicted molar refractivity (Wildman–Crippen MR) is 134 cm³/mol. The molecule has 200 valence electrons. The molecule has 1 aromatic heterocycles. The number of carbonyl (C=O) groups is 1. The lowest BCUT2D eigenvalue weighted by Crippen LogP contribution is -2.50. The molecule has 2 heterocycles. The lowest BCUT2D eigenvalue weighted by Gasteiger charge is -2.40. The molecule has 2 N–H and O–H groups in total. The monoisotopic (exact) mass is 509 g/mol. The van der Waals surface area contributed by atoms with Crippen molar-refractivity contribution in [3.63, 3.8) is 0 Å². The van der Waals surface area contributed by atoms with Crippen molar-refractivity contribution < 1.29 is 22.7 Å². The van der Waals surface area contributed by atoms with Gasteiger partial charge in [-0.3, -0.25) is 9.69 Å². The summed E-state index contributed by atoms with van der Waals surface area (Å²) in [6, 6.07) is 4.76. The lowest BCUT2D eigenvalue weighted by molar-refractivity contribution is -0.138. The second-order valence-corrected chi connectivity index (χ2v) is 10.3. The normalized spacial score (nSPS) is 20.3. The summed E-state index contributed by atoms with van der Waals surface area (Å²) < 4.78 is 47.8. The number of hydrogen-bond acceptors (Lipinski definition) is 5. The van der Waals surface area contributed by atoms with Crippen LogP contribution in [0.4, 0.5) is 19.0 Å². The van der Waals surface area contributed by atoms with E-state index in [9.17, 15) is 18.0 Å². The van der Waals surface area contributed by atoms with Gasteiger partial charge in [0, 0.05) is 32.4 Å². The predicted octanol–water partition coefficient (Wildman–Crippen LogP) is 4.64. The van der Waals surface area contributed by atoms with Crippen LogP contribution >= 0.6 is 0 Å². The Balaban J connectivity index is 1.63. The van der Waals surface area contributed by atoms with Gasteiger partial charge in [0.05, 0.1) is 35.7 Å². The van der Waals surface area contributed by atoms with E-state index in [1.807, 2.05) is 11.5 Å². The second kappa shape index (κ2) is 11.7. The summed E-state index contributed by atoms with van der Waals surface area (Å²) >= 11 is 0. The SMILES string of the molecule is CCC[C@H](NCc1ccccc1C(F)(F)F)C(=O)Nc1cn(C(C)(C)CN2C[C@@H](C)O[C@@H](C)C2)cn1. The Morgan fingerprint density at radius 2 is 1.86 bits per heavy atom. The topological polar surface area (TPSA) is 71.4 Å². The van der Waals surface area contributed by atoms with Crippen LogP contribution in [0.1, 0.15) is 58.6 Å². The molecule has 3 rings (SSSR count). The summed E-state index contributed by atoms with van der Waals surface area (Å²) in [4.78, 5) is 19.7. The first kappa shape index (κ1) is 28.1. The Kier molecular flexibility index (Phi) is 9.18. The zero-order chi connectivity index (χ0) is 26.5. The van der Waals surface area contributed by atoms with Crippen molar-refractivity contribution in [2.24, 2.45) is 0 Å². The number of halogens is 3.